The van der Waals surface area contributed by atoms with Crippen molar-refractivity contribution >= 4 is 11.7 Å². The number of hydrogen-bond acceptors (Lipinski definition) is 2. The number of nitrogens with one attached hydrogen (secondary N) is 1. The van der Waals surface area contributed by atoms with E-state index in [0.29, 0.717) is 6.54 Å². The summed E-state index contributed by atoms with van der Waals surface area (Å²) in [6.07, 6.45) is 0.871. The molecular weight excluding hydrogens is 264 g/mol. The highest BCUT2D eigenvalue weighted by molar-refractivity contribution is 5.89. The molecule has 1 aliphatic rings. The predicted molar refractivity (Wildman–Crippen MR) is 82.3 cm³/mol. The van der Waals surface area contributed by atoms with Crippen molar-refractivity contribution in [2.75, 3.05) is 11.9 Å². The lowest BCUT2D eigenvalue weighted by Crippen LogP contribution is -2.39. The van der Waals surface area contributed by atoms with Crippen LogP contribution in [0.5, 0.6) is 0 Å². The van der Waals surface area contributed by atoms with Gasteiger partial charge in [0.25, 0.3) is 0 Å². The summed E-state index contributed by atoms with van der Waals surface area (Å²) in [5, 5.41) is 7.41. The molecule has 2 amide bonds. The van der Waals surface area contributed by atoms with Crippen LogP contribution in [0.25, 0.3) is 0 Å². The molecule has 0 radical (unpaired) electrons. The molecule has 0 fully saturated rings. The zero-order valence-electron chi connectivity index (χ0n) is 12.7. The van der Waals surface area contributed by atoms with Crippen LogP contribution >= 0.6 is 0 Å². The SMILES string of the molecule is Cc1cccc(NC(=O)N2CCc3c(C)nn(C)c3C2)c1. The van der Waals surface area contributed by atoms with Crippen LogP contribution in [0.1, 0.15) is 22.5 Å². The molecule has 5 heteroatoms. The Morgan fingerprint density at radius 3 is 2.90 bits per heavy atom. The van der Waals surface area contributed by atoms with Crippen LogP contribution in [0.15, 0.2) is 24.3 Å². The van der Waals surface area contributed by atoms with E-state index in [-0.39, 0.29) is 6.03 Å². The van der Waals surface area contributed by atoms with Gasteiger partial charge in [-0.2, -0.15) is 5.10 Å². The molecule has 5 nitrogen and oxygen atoms in total. The van der Waals surface area contributed by atoms with E-state index in [1.807, 2.05) is 54.7 Å². The monoisotopic (exact) mass is 284 g/mol. The van der Waals surface area contributed by atoms with Crippen molar-refractivity contribution in [3.63, 3.8) is 0 Å². The lowest BCUT2D eigenvalue weighted by atomic mass is 10.1. The minimum Gasteiger partial charge on any atom is -0.318 e. The van der Waals surface area contributed by atoms with Crippen molar-refractivity contribution in [1.29, 1.82) is 0 Å². The standard InChI is InChI=1S/C16H20N4O/c1-11-5-4-6-13(9-11)17-16(21)20-8-7-14-12(2)18-19(3)15(14)10-20/h4-6,9H,7-8,10H2,1-3H3,(H,17,21). The topological polar surface area (TPSA) is 50.2 Å². The predicted octanol–water partition coefficient (Wildman–Crippen LogP) is 2.63. The zero-order valence-corrected chi connectivity index (χ0v) is 12.7. The zero-order chi connectivity index (χ0) is 15.0. The second-order valence-corrected chi connectivity index (χ2v) is 5.61. The van der Waals surface area contributed by atoms with Crippen molar-refractivity contribution in [3.8, 4) is 0 Å². The van der Waals surface area contributed by atoms with Crippen molar-refractivity contribution in [2.24, 2.45) is 7.05 Å². The minimum absolute atomic E-state index is 0.0508. The van der Waals surface area contributed by atoms with E-state index in [9.17, 15) is 4.79 Å². The van der Waals surface area contributed by atoms with Crippen LogP contribution in [-0.2, 0) is 20.0 Å². The molecule has 3 rings (SSSR count). The van der Waals surface area contributed by atoms with Gasteiger partial charge >= 0.3 is 6.03 Å². The maximum absolute atomic E-state index is 12.4. The van der Waals surface area contributed by atoms with E-state index < -0.39 is 0 Å². The molecule has 0 saturated heterocycles. The largest absolute Gasteiger partial charge is 0.322 e. The van der Waals surface area contributed by atoms with Gasteiger partial charge in [0.05, 0.1) is 17.9 Å². The summed E-state index contributed by atoms with van der Waals surface area (Å²) in [5.41, 5.74) is 5.48. The molecule has 2 aromatic rings. The van der Waals surface area contributed by atoms with Crippen molar-refractivity contribution in [1.82, 2.24) is 14.7 Å². The fraction of sp³-hybridized carbons (Fsp3) is 0.375. The van der Waals surface area contributed by atoms with Crippen LogP contribution in [-0.4, -0.2) is 27.3 Å². The highest BCUT2D eigenvalue weighted by atomic mass is 16.2. The van der Waals surface area contributed by atoms with Gasteiger partial charge in [-0.05, 0) is 43.5 Å². The minimum atomic E-state index is -0.0508. The second-order valence-electron chi connectivity index (χ2n) is 5.61. The fourth-order valence-corrected chi connectivity index (χ4v) is 2.88. The van der Waals surface area contributed by atoms with Gasteiger partial charge in [-0.3, -0.25) is 4.68 Å². The van der Waals surface area contributed by atoms with Crippen LogP contribution in [0, 0.1) is 13.8 Å². The van der Waals surface area contributed by atoms with Gasteiger partial charge in [-0.15, -0.1) is 0 Å². The molecule has 110 valence electrons. The average molecular weight is 284 g/mol. The summed E-state index contributed by atoms with van der Waals surface area (Å²) in [4.78, 5) is 14.2. The number of urea groups is 1. The smallest absolute Gasteiger partial charge is 0.318 e. The van der Waals surface area contributed by atoms with Gasteiger partial charge in [0.2, 0.25) is 0 Å². The van der Waals surface area contributed by atoms with E-state index in [0.717, 1.165) is 35.6 Å². The molecule has 21 heavy (non-hydrogen) atoms. The number of carbonyl (C=O) groups is 1. The Morgan fingerprint density at radius 1 is 1.33 bits per heavy atom. The number of nitrogens with zero attached hydrogens (tertiary/aromatic N) is 3. The van der Waals surface area contributed by atoms with E-state index >= 15 is 0 Å². The number of rotatable bonds is 1. The average Bonchev–Trinajstić information content (AvgIpc) is 2.73. The Hall–Kier alpha value is -2.30. The summed E-state index contributed by atoms with van der Waals surface area (Å²) in [6, 6.07) is 7.80. The molecule has 0 bridgehead atoms. The number of carbonyl (C=O) groups excluding carboxylic acids is 1. The molecular formula is C16H20N4O. The summed E-state index contributed by atoms with van der Waals surface area (Å²) < 4.78 is 1.89. The quantitative estimate of drug-likeness (QED) is 0.875. The molecule has 0 spiro atoms. The van der Waals surface area contributed by atoms with Crippen LogP contribution in [0.4, 0.5) is 10.5 Å². The molecule has 0 saturated carbocycles. The van der Waals surface area contributed by atoms with E-state index in [4.69, 9.17) is 0 Å². The number of amides is 2. The van der Waals surface area contributed by atoms with Gasteiger partial charge in [0.1, 0.15) is 0 Å². The number of fused-ring (bicyclic) bond motifs is 1. The Labute approximate surface area is 124 Å². The fourth-order valence-electron chi connectivity index (χ4n) is 2.88. The van der Waals surface area contributed by atoms with Crippen LogP contribution in [0.2, 0.25) is 0 Å². The number of anilines is 1. The molecule has 2 heterocycles. The van der Waals surface area contributed by atoms with Crippen molar-refractivity contribution < 1.29 is 4.79 Å². The lowest BCUT2D eigenvalue weighted by molar-refractivity contribution is 0.204. The van der Waals surface area contributed by atoms with Gasteiger partial charge in [0, 0.05) is 19.3 Å². The third-order valence-corrected chi connectivity index (χ3v) is 4.00. The third kappa shape index (κ3) is 2.63. The summed E-state index contributed by atoms with van der Waals surface area (Å²) in [6.45, 7) is 5.39. The Bertz CT molecular complexity index is 690. The van der Waals surface area contributed by atoms with Gasteiger partial charge in [-0.1, -0.05) is 12.1 Å². The number of aryl methyl sites for hydroxylation is 3. The normalized spacial score (nSPS) is 14.0. The molecule has 0 unspecified atom stereocenters. The first-order chi connectivity index (χ1) is 10.0. The van der Waals surface area contributed by atoms with Gasteiger partial charge in [0.15, 0.2) is 0 Å². The highest BCUT2D eigenvalue weighted by Gasteiger charge is 2.25. The van der Waals surface area contributed by atoms with Crippen LogP contribution < -0.4 is 5.32 Å². The second kappa shape index (κ2) is 5.24. The Morgan fingerprint density at radius 2 is 2.14 bits per heavy atom. The first-order valence-electron chi connectivity index (χ1n) is 7.18. The Balaban J connectivity index is 1.74. The maximum Gasteiger partial charge on any atom is 0.322 e. The first-order valence-corrected chi connectivity index (χ1v) is 7.18. The Kier molecular flexibility index (Phi) is 3.41. The van der Waals surface area contributed by atoms with E-state index in [2.05, 4.69) is 10.4 Å². The number of benzene rings is 1. The summed E-state index contributed by atoms with van der Waals surface area (Å²) >= 11 is 0. The third-order valence-electron chi connectivity index (χ3n) is 4.00. The highest BCUT2D eigenvalue weighted by Crippen LogP contribution is 2.22. The van der Waals surface area contributed by atoms with Gasteiger partial charge < -0.3 is 10.2 Å². The maximum atomic E-state index is 12.4. The molecule has 0 atom stereocenters. The van der Waals surface area contributed by atoms with E-state index in [1.165, 1.54) is 5.56 Å². The molecule has 1 aromatic heterocycles. The summed E-state index contributed by atoms with van der Waals surface area (Å²) in [5.74, 6) is 0. The summed E-state index contributed by atoms with van der Waals surface area (Å²) in [7, 11) is 1.94. The number of aromatic nitrogens is 2. The number of hydrogen-bond donors (Lipinski definition) is 1. The van der Waals surface area contributed by atoms with Crippen molar-refractivity contribution in [3.05, 3.63) is 46.8 Å². The molecule has 0 aliphatic carbocycles. The van der Waals surface area contributed by atoms with E-state index in [1.54, 1.807) is 0 Å². The lowest BCUT2D eigenvalue weighted by Gasteiger charge is -2.27. The van der Waals surface area contributed by atoms with Crippen LogP contribution in [0.3, 0.4) is 0 Å². The molecule has 1 N–H and O–H groups in total. The first kappa shape index (κ1) is 13.7. The molecule has 1 aromatic carbocycles. The van der Waals surface area contributed by atoms with Gasteiger partial charge in [-0.25, -0.2) is 4.79 Å². The van der Waals surface area contributed by atoms with Crippen molar-refractivity contribution in [2.45, 2.75) is 26.8 Å². The molecule has 1 aliphatic heterocycles.